The Morgan fingerprint density at radius 3 is 2.47 bits per heavy atom. The molecule has 2 aromatic carbocycles. The van der Waals surface area contributed by atoms with E-state index < -0.39 is 0 Å². The number of benzene rings is 2. The molecular formula is C28H20Cl3N3O2. The quantitative estimate of drug-likeness (QED) is 0.237. The normalized spacial score (nSPS) is 18.6. The molecule has 5 nitrogen and oxygen atoms in total. The summed E-state index contributed by atoms with van der Waals surface area (Å²) in [5.41, 5.74) is 4.77. The zero-order valence-electron chi connectivity index (χ0n) is 19.0. The Labute approximate surface area is 223 Å². The standard InChI is InChI=1S/C28H20Cl3N3O2/c29-23-2-1-3-24(30)26(23)27-22(28(36-34-27)15-4-5-15)14-35-18-8-9-19(25(31)10-18)21-11-20(21)16-6-7-17(12-32)33-13-16/h1-3,6-10,13,15,20-21H,4-5,11,14H2. The van der Waals surface area contributed by atoms with E-state index in [1.807, 2.05) is 24.3 Å². The van der Waals surface area contributed by atoms with Gasteiger partial charge < -0.3 is 9.26 Å². The van der Waals surface area contributed by atoms with E-state index >= 15 is 0 Å². The van der Waals surface area contributed by atoms with E-state index in [4.69, 9.17) is 49.3 Å². The van der Waals surface area contributed by atoms with Crippen LogP contribution in [0.5, 0.6) is 5.75 Å². The van der Waals surface area contributed by atoms with Gasteiger partial charge in [0.2, 0.25) is 0 Å². The molecule has 0 spiro atoms. The van der Waals surface area contributed by atoms with Crippen LogP contribution in [0.3, 0.4) is 0 Å². The molecule has 180 valence electrons. The summed E-state index contributed by atoms with van der Waals surface area (Å²) in [5.74, 6) is 2.53. The maximum atomic E-state index is 8.96. The van der Waals surface area contributed by atoms with Gasteiger partial charge in [0, 0.05) is 22.7 Å². The Bertz CT molecular complexity index is 1470. The van der Waals surface area contributed by atoms with Crippen LogP contribution in [-0.2, 0) is 6.61 Å². The molecule has 2 atom stereocenters. The molecule has 2 aromatic heterocycles. The monoisotopic (exact) mass is 535 g/mol. The van der Waals surface area contributed by atoms with Crippen LogP contribution in [0.1, 0.15) is 65.2 Å². The second-order valence-electron chi connectivity index (χ2n) is 9.25. The number of ether oxygens (including phenoxy) is 1. The summed E-state index contributed by atoms with van der Waals surface area (Å²) in [5, 5.41) is 15.0. The van der Waals surface area contributed by atoms with Crippen LogP contribution in [0, 0.1) is 11.3 Å². The SMILES string of the molecule is N#Cc1ccc(C2CC2c2ccc(OCc3c(-c4c(Cl)cccc4Cl)noc3C3CC3)cc2Cl)cn1. The average Bonchev–Trinajstić information content (AvgIpc) is 3.81. The number of nitriles is 1. The fraction of sp³-hybridized carbons (Fsp3) is 0.250. The van der Waals surface area contributed by atoms with Gasteiger partial charge in [-0.3, -0.25) is 0 Å². The Morgan fingerprint density at radius 2 is 1.81 bits per heavy atom. The lowest BCUT2D eigenvalue weighted by Gasteiger charge is -2.11. The van der Waals surface area contributed by atoms with Gasteiger partial charge in [0.1, 0.15) is 35.6 Å². The zero-order chi connectivity index (χ0) is 24.8. The highest BCUT2D eigenvalue weighted by molar-refractivity contribution is 6.39. The molecule has 2 aliphatic rings. The maximum Gasteiger partial charge on any atom is 0.147 e. The molecule has 0 bridgehead atoms. The highest BCUT2D eigenvalue weighted by Crippen LogP contribution is 2.56. The fourth-order valence-electron chi connectivity index (χ4n) is 4.70. The molecule has 6 rings (SSSR count). The maximum absolute atomic E-state index is 8.96. The minimum Gasteiger partial charge on any atom is -0.489 e. The van der Waals surface area contributed by atoms with Crippen molar-refractivity contribution in [1.82, 2.24) is 10.1 Å². The van der Waals surface area contributed by atoms with Crippen molar-refractivity contribution >= 4 is 34.8 Å². The van der Waals surface area contributed by atoms with Crippen molar-refractivity contribution in [2.24, 2.45) is 0 Å². The molecule has 0 radical (unpaired) electrons. The number of hydrogen-bond donors (Lipinski definition) is 0. The molecule has 4 aromatic rings. The van der Waals surface area contributed by atoms with Gasteiger partial charge in [-0.05, 0) is 72.6 Å². The third kappa shape index (κ3) is 4.46. The molecule has 0 amide bonds. The summed E-state index contributed by atoms with van der Waals surface area (Å²) in [7, 11) is 0. The van der Waals surface area contributed by atoms with Crippen molar-refractivity contribution in [3.05, 3.63) is 97.9 Å². The average molecular weight is 537 g/mol. The van der Waals surface area contributed by atoms with Crippen molar-refractivity contribution in [2.75, 3.05) is 0 Å². The summed E-state index contributed by atoms with van der Waals surface area (Å²) in [6, 6.07) is 17.0. The third-order valence-electron chi connectivity index (χ3n) is 6.84. The number of rotatable bonds is 7. The van der Waals surface area contributed by atoms with Gasteiger partial charge >= 0.3 is 0 Å². The third-order valence-corrected chi connectivity index (χ3v) is 7.80. The van der Waals surface area contributed by atoms with Gasteiger partial charge in [-0.1, -0.05) is 58.2 Å². The summed E-state index contributed by atoms with van der Waals surface area (Å²) < 4.78 is 11.9. The molecular weight excluding hydrogens is 517 g/mol. The lowest BCUT2D eigenvalue weighted by atomic mass is 10.0. The number of halogens is 3. The van der Waals surface area contributed by atoms with Crippen LogP contribution in [0.25, 0.3) is 11.3 Å². The van der Waals surface area contributed by atoms with E-state index in [1.54, 1.807) is 30.5 Å². The molecule has 36 heavy (non-hydrogen) atoms. The summed E-state index contributed by atoms with van der Waals surface area (Å²) in [4.78, 5) is 4.19. The minimum absolute atomic E-state index is 0.269. The Morgan fingerprint density at radius 1 is 1.00 bits per heavy atom. The molecule has 8 heteroatoms. The molecule has 2 aliphatic carbocycles. The highest BCUT2D eigenvalue weighted by Gasteiger charge is 2.41. The first-order valence-corrected chi connectivity index (χ1v) is 12.9. The van der Waals surface area contributed by atoms with Crippen LogP contribution in [-0.4, -0.2) is 10.1 Å². The number of nitrogens with zero attached hydrogens (tertiary/aromatic N) is 3. The predicted molar refractivity (Wildman–Crippen MR) is 139 cm³/mol. The predicted octanol–water partition coefficient (Wildman–Crippen LogP) is 8.30. The van der Waals surface area contributed by atoms with Crippen LogP contribution in [0.15, 0.2) is 59.3 Å². The minimum atomic E-state index is 0.269. The van der Waals surface area contributed by atoms with Crippen molar-refractivity contribution in [3.63, 3.8) is 0 Å². The van der Waals surface area contributed by atoms with E-state index in [0.29, 0.717) is 55.5 Å². The van der Waals surface area contributed by atoms with E-state index in [0.717, 1.165) is 41.7 Å². The number of pyridine rings is 1. The van der Waals surface area contributed by atoms with Crippen LogP contribution in [0.4, 0.5) is 0 Å². The van der Waals surface area contributed by atoms with Gasteiger partial charge in [-0.2, -0.15) is 5.26 Å². The molecule has 0 N–H and O–H groups in total. The highest BCUT2D eigenvalue weighted by atomic mass is 35.5. The molecule has 2 saturated carbocycles. The Kier molecular flexibility index (Phi) is 6.13. The molecule has 2 heterocycles. The smallest absolute Gasteiger partial charge is 0.147 e. The van der Waals surface area contributed by atoms with E-state index in [9.17, 15) is 0 Å². The first-order chi connectivity index (χ1) is 17.5. The first kappa shape index (κ1) is 23.4. The molecule has 0 saturated heterocycles. The van der Waals surface area contributed by atoms with E-state index in [1.165, 1.54) is 0 Å². The van der Waals surface area contributed by atoms with E-state index in [-0.39, 0.29) is 6.61 Å². The summed E-state index contributed by atoms with van der Waals surface area (Å²) >= 11 is 19.6. The van der Waals surface area contributed by atoms with Crippen LogP contribution in [0.2, 0.25) is 15.1 Å². The lowest BCUT2D eigenvalue weighted by Crippen LogP contribution is -2.00. The molecule has 2 fully saturated rings. The van der Waals surface area contributed by atoms with Gasteiger partial charge in [0.15, 0.2) is 0 Å². The van der Waals surface area contributed by atoms with Crippen LogP contribution < -0.4 is 4.74 Å². The van der Waals surface area contributed by atoms with Gasteiger partial charge in [0.05, 0.1) is 15.6 Å². The summed E-state index contributed by atoms with van der Waals surface area (Å²) in [6.07, 6.45) is 4.92. The number of hydrogen-bond acceptors (Lipinski definition) is 5. The van der Waals surface area contributed by atoms with Crippen molar-refractivity contribution < 1.29 is 9.26 Å². The summed E-state index contributed by atoms with van der Waals surface area (Å²) in [6.45, 7) is 0.269. The van der Waals surface area contributed by atoms with Crippen LogP contribution >= 0.6 is 34.8 Å². The zero-order valence-corrected chi connectivity index (χ0v) is 21.3. The van der Waals surface area contributed by atoms with Crippen molar-refractivity contribution in [3.8, 4) is 23.1 Å². The lowest BCUT2D eigenvalue weighted by molar-refractivity contribution is 0.300. The fourth-order valence-corrected chi connectivity index (χ4v) is 5.59. The van der Waals surface area contributed by atoms with Gasteiger partial charge in [-0.15, -0.1) is 0 Å². The van der Waals surface area contributed by atoms with E-state index in [2.05, 4.69) is 16.2 Å². The Balaban J connectivity index is 1.21. The Hall–Kier alpha value is -3.04. The second kappa shape index (κ2) is 9.44. The molecule has 0 aliphatic heterocycles. The first-order valence-electron chi connectivity index (χ1n) is 11.7. The topological polar surface area (TPSA) is 71.9 Å². The van der Waals surface area contributed by atoms with Crippen molar-refractivity contribution in [1.29, 1.82) is 5.26 Å². The van der Waals surface area contributed by atoms with Crippen molar-refractivity contribution in [2.45, 2.75) is 43.6 Å². The van der Waals surface area contributed by atoms with Gasteiger partial charge in [-0.25, -0.2) is 4.98 Å². The number of aromatic nitrogens is 2. The molecule has 2 unspecified atom stereocenters. The van der Waals surface area contributed by atoms with Gasteiger partial charge in [0.25, 0.3) is 0 Å². The second-order valence-corrected chi connectivity index (χ2v) is 10.5. The largest absolute Gasteiger partial charge is 0.489 e.